The van der Waals surface area contributed by atoms with Crippen molar-refractivity contribution in [2.75, 3.05) is 6.61 Å². The van der Waals surface area contributed by atoms with Crippen LogP contribution in [0.1, 0.15) is 18.4 Å². The third kappa shape index (κ3) is 3.55. The second kappa shape index (κ2) is 5.48. The minimum atomic E-state index is 0.00131. The van der Waals surface area contributed by atoms with Crippen molar-refractivity contribution in [1.29, 1.82) is 0 Å². The Hall–Kier alpha value is -0.240. The fraction of sp³-hybridized carbons (Fsp3) is 0.400. The zero-order valence-corrected chi connectivity index (χ0v) is 8.74. The lowest BCUT2D eigenvalue weighted by Gasteiger charge is -2.01. The first-order chi connectivity index (χ1) is 6.24. The zero-order chi connectivity index (χ0) is 9.68. The SMILES string of the molecule is [O]CCCCc1ccc(Cl)c(Cl)c1. The Bertz CT molecular complexity index is 274. The molecule has 0 heterocycles. The van der Waals surface area contributed by atoms with Crippen LogP contribution in [0.3, 0.4) is 0 Å². The van der Waals surface area contributed by atoms with Gasteiger partial charge in [-0.2, -0.15) is 0 Å². The Morgan fingerprint density at radius 2 is 1.85 bits per heavy atom. The van der Waals surface area contributed by atoms with E-state index in [9.17, 15) is 5.11 Å². The lowest BCUT2D eigenvalue weighted by Crippen LogP contribution is -1.87. The molecule has 0 bridgehead atoms. The molecule has 1 radical (unpaired) electrons. The molecular weight excluding hydrogens is 207 g/mol. The number of aryl methyl sites for hydroxylation is 1. The van der Waals surface area contributed by atoms with Crippen LogP contribution in [0, 0.1) is 0 Å². The van der Waals surface area contributed by atoms with Crippen molar-refractivity contribution in [3.05, 3.63) is 33.8 Å². The standard InChI is InChI=1S/C10H11Cl2O/c11-9-5-4-8(7-10(9)12)3-1-2-6-13/h4-5,7H,1-3,6H2. The maximum Gasteiger partial charge on any atom is 0.0822 e. The number of benzene rings is 1. The molecular formula is C10H11Cl2O. The maximum absolute atomic E-state index is 10.2. The van der Waals surface area contributed by atoms with E-state index in [0.29, 0.717) is 10.0 Å². The highest BCUT2D eigenvalue weighted by molar-refractivity contribution is 6.42. The van der Waals surface area contributed by atoms with Gasteiger partial charge >= 0.3 is 0 Å². The maximum atomic E-state index is 10.2. The third-order valence-corrected chi connectivity index (χ3v) is 2.58. The van der Waals surface area contributed by atoms with Crippen LogP contribution in [-0.2, 0) is 11.5 Å². The molecule has 0 aliphatic rings. The van der Waals surface area contributed by atoms with Crippen LogP contribution in [0.5, 0.6) is 0 Å². The molecule has 1 aromatic rings. The molecule has 0 saturated carbocycles. The highest BCUT2D eigenvalue weighted by Crippen LogP contribution is 2.23. The van der Waals surface area contributed by atoms with Crippen LogP contribution in [0.25, 0.3) is 0 Å². The van der Waals surface area contributed by atoms with Gasteiger partial charge in [-0.15, -0.1) is 0 Å². The van der Waals surface area contributed by atoms with Gasteiger partial charge < -0.3 is 0 Å². The second-order valence-electron chi connectivity index (χ2n) is 2.91. The van der Waals surface area contributed by atoms with E-state index in [-0.39, 0.29) is 6.61 Å². The summed E-state index contributed by atoms with van der Waals surface area (Å²) in [5.74, 6) is 0. The summed E-state index contributed by atoms with van der Waals surface area (Å²) < 4.78 is 0. The smallest absolute Gasteiger partial charge is 0.0822 e. The Morgan fingerprint density at radius 1 is 1.08 bits per heavy atom. The normalized spacial score (nSPS) is 10.4. The first kappa shape index (κ1) is 10.8. The van der Waals surface area contributed by atoms with E-state index in [0.717, 1.165) is 24.8 Å². The molecule has 1 nitrogen and oxygen atoms in total. The lowest BCUT2D eigenvalue weighted by atomic mass is 10.1. The molecule has 0 atom stereocenters. The van der Waals surface area contributed by atoms with Gasteiger partial charge in [0.15, 0.2) is 0 Å². The summed E-state index contributed by atoms with van der Waals surface area (Å²) in [6, 6.07) is 5.59. The number of halogens is 2. The Morgan fingerprint density at radius 3 is 2.46 bits per heavy atom. The molecule has 0 amide bonds. The van der Waals surface area contributed by atoms with Gasteiger partial charge in [0, 0.05) is 0 Å². The van der Waals surface area contributed by atoms with Gasteiger partial charge in [0.1, 0.15) is 0 Å². The van der Waals surface area contributed by atoms with Gasteiger partial charge in [0.25, 0.3) is 0 Å². The van der Waals surface area contributed by atoms with Gasteiger partial charge in [-0.05, 0) is 37.0 Å². The third-order valence-electron chi connectivity index (χ3n) is 1.84. The summed E-state index contributed by atoms with van der Waals surface area (Å²) in [4.78, 5) is 0. The molecule has 0 spiro atoms. The monoisotopic (exact) mass is 217 g/mol. The molecule has 0 aliphatic carbocycles. The minimum absolute atomic E-state index is 0.00131. The first-order valence-corrected chi connectivity index (χ1v) is 5.01. The predicted octanol–water partition coefficient (Wildman–Crippen LogP) is 3.75. The fourth-order valence-corrected chi connectivity index (χ4v) is 1.45. The van der Waals surface area contributed by atoms with Crippen molar-refractivity contribution in [2.24, 2.45) is 0 Å². The number of rotatable bonds is 4. The van der Waals surface area contributed by atoms with Crippen LogP contribution in [0.15, 0.2) is 18.2 Å². The van der Waals surface area contributed by atoms with E-state index < -0.39 is 0 Å². The van der Waals surface area contributed by atoms with Crippen LogP contribution in [0.4, 0.5) is 0 Å². The zero-order valence-electron chi connectivity index (χ0n) is 7.22. The second-order valence-corrected chi connectivity index (χ2v) is 3.72. The predicted molar refractivity (Wildman–Crippen MR) is 55.0 cm³/mol. The van der Waals surface area contributed by atoms with Gasteiger partial charge in [-0.3, -0.25) is 0 Å². The van der Waals surface area contributed by atoms with Crippen LogP contribution >= 0.6 is 23.2 Å². The van der Waals surface area contributed by atoms with Crippen molar-refractivity contribution in [3.8, 4) is 0 Å². The van der Waals surface area contributed by atoms with Crippen molar-refractivity contribution in [3.63, 3.8) is 0 Å². The summed E-state index contributed by atoms with van der Waals surface area (Å²) in [6.45, 7) is 0.00131. The number of hydrogen-bond acceptors (Lipinski definition) is 0. The van der Waals surface area contributed by atoms with E-state index in [2.05, 4.69) is 0 Å². The van der Waals surface area contributed by atoms with E-state index in [1.165, 1.54) is 0 Å². The molecule has 0 aliphatic heterocycles. The quantitative estimate of drug-likeness (QED) is 0.686. The molecule has 0 fully saturated rings. The largest absolute Gasteiger partial charge is 0.237 e. The molecule has 0 N–H and O–H groups in total. The van der Waals surface area contributed by atoms with Gasteiger partial charge in [0.2, 0.25) is 0 Å². The van der Waals surface area contributed by atoms with Crippen molar-refractivity contribution in [1.82, 2.24) is 0 Å². The molecule has 3 heteroatoms. The Labute approximate surface area is 88.3 Å². The lowest BCUT2D eigenvalue weighted by molar-refractivity contribution is 0.187. The van der Waals surface area contributed by atoms with Crippen molar-refractivity contribution < 1.29 is 5.11 Å². The highest BCUT2D eigenvalue weighted by Gasteiger charge is 1.99. The average Bonchev–Trinajstić information content (AvgIpc) is 2.12. The van der Waals surface area contributed by atoms with E-state index in [4.69, 9.17) is 23.2 Å². The minimum Gasteiger partial charge on any atom is -0.237 e. The molecule has 1 aromatic carbocycles. The Kier molecular flexibility index (Phi) is 4.57. The summed E-state index contributed by atoms with van der Waals surface area (Å²) in [7, 11) is 0. The van der Waals surface area contributed by atoms with E-state index in [1.54, 1.807) is 6.07 Å². The van der Waals surface area contributed by atoms with Crippen LogP contribution in [0.2, 0.25) is 10.0 Å². The molecule has 13 heavy (non-hydrogen) atoms. The molecule has 1 rings (SSSR count). The van der Waals surface area contributed by atoms with Gasteiger partial charge in [-0.1, -0.05) is 29.3 Å². The molecule has 0 aromatic heterocycles. The highest BCUT2D eigenvalue weighted by atomic mass is 35.5. The summed E-state index contributed by atoms with van der Waals surface area (Å²) in [5, 5.41) is 11.4. The summed E-state index contributed by atoms with van der Waals surface area (Å²) >= 11 is 11.6. The topological polar surface area (TPSA) is 19.9 Å². The van der Waals surface area contributed by atoms with Gasteiger partial charge in [-0.25, -0.2) is 5.11 Å². The Balaban J connectivity index is 2.53. The number of hydrogen-bond donors (Lipinski definition) is 0. The fourth-order valence-electron chi connectivity index (χ4n) is 1.13. The first-order valence-electron chi connectivity index (χ1n) is 4.26. The number of unbranched alkanes of at least 4 members (excludes halogenated alkanes) is 1. The van der Waals surface area contributed by atoms with Crippen molar-refractivity contribution >= 4 is 23.2 Å². The molecule has 0 saturated heterocycles. The van der Waals surface area contributed by atoms with Crippen LogP contribution < -0.4 is 0 Å². The molecule has 0 unspecified atom stereocenters. The van der Waals surface area contributed by atoms with E-state index >= 15 is 0 Å². The van der Waals surface area contributed by atoms with Gasteiger partial charge in [0.05, 0.1) is 16.7 Å². The molecule has 71 valence electrons. The average molecular weight is 218 g/mol. The summed E-state index contributed by atoms with van der Waals surface area (Å²) in [6.07, 6.45) is 2.54. The van der Waals surface area contributed by atoms with E-state index in [1.807, 2.05) is 12.1 Å². The summed E-state index contributed by atoms with van der Waals surface area (Å²) in [5.41, 5.74) is 1.14. The van der Waals surface area contributed by atoms with Crippen LogP contribution in [-0.4, -0.2) is 6.61 Å². The van der Waals surface area contributed by atoms with Crippen molar-refractivity contribution in [2.45, 2.75) is 19.3 Å².